The van der Waals surface area contributed by atoms with E-state index in [0.717, 1.165) is 60.7 Å². The van der Waals surface area contributed by atoms with Crippen molar-refractivity contribution in [1.29, 1.82) is 0 Å². The minimum absolute atomic E-state index is 0.0923. The number of aromatic nitrogens is 3. The third-order valence-electron chi connectivity index (χ3n) is 13.7. The monoisotopic (exact) mass is 862 g/mol. The summed E-state index contributed by atoms with van der Waals surface area (Å²) in [6.45, 7) is 30.8. The largest absolute Gasteiger partial charge is 0.461 e. The molecule has 2 bridgehead atoms. The van der Waals surface area contributed by atoms with Crippen LogP contribution in [0.1, 0.15) is 93.6 Å². The van der Waals surface area contributed by atoms with Crippen LogP contribution in [0.2, 0.25) is 21.6 Å². The molecule has 2 unspecified atom stereocenters. The van der Waals surface area contributed by atoms with E-state index in [2.05, 4.69) is 76.0 Å². The molecule has 2 aromatic carbocycles. The Bertz CT molecular complexity index is 2450. The summed E-state index contributed by atoms with van der Waals surface area (Å²) < 4.78 is 30.1. The molecule has 0 saturated carbocycles. The van der Waals surface area contributed by atoms with E-state index in [9.17, 15) is 4.79 Å². The highest BCUT2D eigenvalue weighted by Gasteiger charge is 2.49. The van der Waals surface area contributed by atoms with Gasteiger partial charge in [0.05, 0.1) is 33.6 Å². The van der Waals surface area contributed by atoms with Crippen molar-refractivity contribution in [2.45, 2.75) is 128 Å². The number of fused-ring (bicyclic) bond motifs is 5. The molecule has 1 amide bonds. The minimum atomic E-state index is -2.14. The first-order valence-corrected chi connectivity index (χ1v) is 24.5. The van der Waals surface area contributed by atoms with Crippen molar-refractivity contribution < 1.29 is 18.7 Å². The van der Waals surface area contributed by atoms with Gasteiger partial charge in [-0.2, -0.15) is 9.97 Å². The van der Waals surface area contributed by atoms with Crippen LogP contribution in [-0.2, 0) is 4.74 Å². The Kier molecular flexibility index (Phi) is 11.3. The lowest BCUT2D eigenvalue weighted by Gasteiger charge is -2.42. The predicted molar refractivity (Wildman–Crippen MR) is 248 cm³/mol. The minimum Gasteiger partial charge on any atom is -0.461 e. The maximum atomic E-state index is 17.7. The lowest BCUT2D eigenvalue weighted by molar-refractivity contribution is 0.0122. The molecule has 4 aliphatic rings. The van der Waals surface area contributed by atoms with Crippen LogP contribution < -0.4 is 9.64 Å². The van der Waals surface area contributed by atoms with E-state index in [0.29, 0.717) is 63.7 Å². The average Bonchev–Trinajstić information content (AvgIpc) is 3.75. The van der Waals surface area contributed by atoms with Gasteiger partial charge in [0, 0.05) is 43.3 Å². The molecule has 2 atom stereocenters. The fourth-order valence-corrected chi connectivity index (χ4v) is 16.5. The molecule has 12 heteroatoms. The summed E-state index contributed by atoms with van der Waals surface area (Å²) >= 11 is 7.04. The molecule has 61 heavy (non-hydrogen) atoms. The molecule has 0 spiro atoms. The van der Waals surface area contributed by atoms with Gasteiger partial charge in [0.2, 0.25) is 0 Å². The number of pyridine rings is 1. The van der Waals surface area contributed by atoms with Crippen molar-refractivity contribution >= 4 is 53.3 Å². The number of rotatable bonds is 8. The van der Waals surface area contributed by atoms with Crippen LogP contribution in [0, 0.1) is 17.3 Å². The number of benzene rings is 2. The van der Waals surface area contributed by atoms with Gasteiger partial charge in [-0.15, -0.1) is 5.54 Å². The third-order valence-corrected chi connectivity index (χ3v) is 20.3. The summed E-state index contributed by atoms with van der Waals surface area (Å²) in [5.74, 6) is 3.55. The van der Waals surface area contributed by atoms with Crippen molar-refractivity contribution in [3.8, 4) is 28.7 Å². The zero-order chi connectivity index (χ0) is 43.8. The Morgan fingerprint density at radius 3 is 2.23 bits per heavy atom. The molecule has 0 N–H and O–H groups in total. The van der Waals surface area contributed by atoms with E-state index < -0.39 is 19.5 Å². The number of ether oxygens (including phenoxy) is 2. The van der Waals surface area contributed by atoms with Gasteiger partial charge in [-0.25, -0.2) is 9.18 Å². The molecule has 9 nitrogen and oxygen atoms in total. The van der Waals surface area contributed by atoms with Gasteiger partial charge in [-0.3, -0.25) is 14.8 Å². The van der Waals surface area contributed by atoms with Crippen LogP contribution in [0.4, 0.5) is 15.0 Å². The summed E-state index contributed by atoms with van der Waals surface area (Å²) in [5, 5.41) is 2.65. The SMILES string of the molecule is C=C1CN2CC(=C)CC2(COc2nc(N3CC4CCC(C3)N4C(=O)OC(C)(C)C)c3cnc(-c4cccc5ccc(Cl)c(C#C[Si](C(C)C)(C(C)C)C(C)C)c45)c(F)c3n2)C1. The van der Waals surface area contributed by atoms with E-state index in [1.165, 1.54) is 0 Å². The van der Waals surface area contributed by atoms with Crippen LogP contribution in [0.25, 0.3) is 32.9 Å². The highest BCUT2D eigenvalue weighted by molar-refractivity contribution is 6.90. The zero-order valence-corrected chi connectivity index (χ0v) is 39.0. The predicted octanol–water partition coefficient (Wildman–Crippen LogP) is 11.1. The molecule has 8 rings (SSSR count). The van der Waals surface area contributed by atoms with Crippen LogP contribution in [0.15, 0.2) is 60.8 Å². The fourth-order valence-electron chi connectivity index (χ4n) is 11.1. The lowest BCUT2D eigenvalue weighted by Crippen LogP contribution is -2.57. The lowest BCUT2D eigenvalue weighted by atomic mass is 9.92. The van der Waals surface area contributed by atoms with Gasteiger partial charge in [0.1, 0.15) is 37.3 Å². The number of hydrogen-bond acceptors (Lipinski definition) is 8. The van der Waals surface area contributed by atoms with E-state index in [-0.39, 0.29) is 40.9 Å². The Hall–Kier alpha value is -4.50. The first-order chi connectivity index (χ1) is 28.8. The number of carbonyl (C=O) groups is 1. The maximum Gasteiger partial charge on any atom is 0.410 e. The quantitative estimate of drug-likeness (QED) is 0.0984. The molecule has 4 aliphatic heterocycles. The first kappa shape index (κ1) is 43.2. The van der Waals surface area contributed by atoms with Gasteiger partial charge >= 0.3 is 12.1 Å². The number of halogens is 2. The number of anilines is 1. The summed E-state index contributed by atoms with van der Waals surface area (Å²) in [7, 11) is -2.14. The number of nitrogens with zero attached hydrogens (tertiary/aromatic N) is 6. The Morgan fingerprint density at radius 1 is 0.984 bits per heavy atom. The van der Waals surface area contributed by atoms with Crippen molar-refractivity contribution in [2.75, 3.05) is 37.7 Å². The van der Waals surface area contributed by atoms with Crippen LogP contribution >= 0.6 is 11.6 Å². The number of hydrogen-bond donors (Lipinski definition) is 0. The summed E-state index contributed by atoms with van der Waals surface area (Å²) in [6.07, 6.45) is 4.61. The Balaban J connectivity index is 1.25. The van der Waals surface area contributed by atoms with Crippen LogP contribution in [-0.4, -0.2) is 94.9 Å². The molecule has 0 radical (unpaired) electrons. The summed E-state index contributed by atoms with van der Waals surface area (Å²) in [5.41, 5.74) is 8.06. The van der Waals surface area contributed by atoms with E-state index in [1.54, 1.807) is 6.20 Å². The standard InChI is InChI=1S/C49H60ClFN6O3Si/c1-29(2)61(30(3)4,31(5)6)20-19-37-40(50)18-15-34-13-12-14-38(41(34)37)43-42(51)44-39(23-52-43)45(55-26-35-16-17-36(27-55)57(35)47(58)60-48(9,10)11)54-46(53-44)59-28-49-21-32(7)24-56(49)25-33(8)22-49/h12-15,18,23,29-31,35-36H,7-8,16-17,21-22,24-28H2,1-6,9-11H3. The number of amides is 1. The van der Waals surface area contributed by atoms with Crippen LogP contribution in [0.3, 0.4) is 0 Å². The molecule has 4 saturated heterocycles. The number of piperazine rings is 1. The molecule has 0 aliphatic carbocycles. The van der Waals surface area contributed by atoms with Gasteiger partial charge < -0.3 is 14.4 Å². The molecule has 322 valence electrons. The van der Waals surface area contributed by atoms with Gasteiger partial charge in [0.25, 0.3) is 0 Å². The molecule has 2 aromatic heterocycles. The normalized spacial score (nSPS) is 20.4. The highest BCUT2D eigenvalue weighted by Crippen LogP contribution is 2.45. The van der Waals surface area contributed by atoms with Crippen LogP contribution in [0.5, 0.6) is 6.01 Å². The second kappa shape index (κ2) is 16.0. The van der Waals surface area contributed by atoms with Crippen molar-refractivity contribution in [3.63, 3.8) is 0 Å². The van der Waals surface area contributed by atoms with Gasteiger partial charge in [-0.05, 0) is 74.5 Å². The van der Waals surface area contributed by atoms with Gasteiger partial charge in [-0.1, -0.05) is 108 Å². The van der Waals surface area contributed by atoms with Crippen molar-refractivity contribution in [1.82, 2.24) is 24.8 Å². The van der Waals surface area contributed by atoms with E-state index in [4.69, 9.17) is 36.0 Å². The topological polar surface area (TPSA) is 83.9 Å². The maximum absolute atomic E-state index is 17.7. The van der Waals surface area contributed by atoms with Gasteiger partial charge in [0.15, 0.2) is 5.82 Å². The summed E-state index contributed by atoms with van der Waals surface area (Å²) in [6, 6.07) is 9.56. The molecular weight excluding hydrogens is 803 g/mol. The second-order valence-electron chi connectivity index (χ2n) is 19.9. The molecule has 4 fully saturated rings. The average molecular weight is 864 g/mol. The Morgan fingerprint density at radius 2 is 1.62 bits per heavy atom. The van der Waals surface area contributed by atoms with Crippen molar-refractivity contribution in [2.24, 2.45) is 0 Å². The molecule has 4 aromatic rings. The van der Waals surface area contributed by atoms with E-state index >= 15 is 4.39 Å². The van der Waals surface area contributed by atoms with E-state index in [1.807, 2.05) is 56.0 Å². The summed E-state index contributed by atoms with van der Waals surface area (Å²) in [4.78, 5) is 34.5. The third kappa shape index (κ3) is 7.71. The Labute approximate surface area is 366 Å². The number of carbonyl (C=O) groups excluding carboxylic acids is 1. The molecular formula is C49H60ClFN6O3Si. The first-order valence-electron chi connectivity index (χ1n) is 21.9. The highest BCUT2D eigenvalue weighted by atomic mass is 35.5. The molecule has 6 heterocycles. The second-order valence-corrected chi connectivity index (χ2v) is 25.9. The smallest absolute Gasteiger partial charge is 0.410 e. The zero-order valence-electron chi connectivity index (χ0n) is 37.3. The fraction of sp³-hybridized carbons (Fsp3) is 0.510. The van der Waals surface area contributed by atoms with Crippen molar-refractivity contribution in [3.05, 3.63) is 77.2 Å².